The molecule has 0 fully saturated rings. The molecule has 0 radical (unpaired) electrons. The predicted octanol–water partition coefficient (Wildman–Crippen LogP) is 2.49. The van der Waals surface area contributed by atoms with Gasteiger partial charge in [-0.1, -0.05) is 6.07 Å². The molecule has 0 atom stereocenters. The Morgan fingerprint density at radius 3 is 2.35 bits per heavy atom. The second kappa shape index (κ2) is 6.17. The number of anilines is 2. The van der Waals surface area contributed by atoms with Gasteiger partial charge in [-0.15, -0.1) is 11.8 Å². The SMILES string of the molecule is CSc1cccc(NS(=O)(=O)c2ccc(NN)cc2)c1. The van der Waals surface area contributed by atoms with Crippen molar-refractivity contribution >= 4 is 33.2 Å². The zero-order chi connectivity index (χ0) is 14.6. The molecular formula is C13H15N3O2S2. The van der Waals surface area contributed by atoms with E-state index in [-0.39, 0.29) is 4.90 Å². The van der Waals surface area contributed by atoms with E-state index >= 15 is 0 Å². The van der Waals surface area contributed by atoms with Crippen LogP contribution in [0.5, 0.6) is 0 Å². The monoisotopic (exact) mass is 309 g/mol. The lowest BCUT2D eigenvalue weighted by Gasteiger charge is -2.09. The molecule has 0 aliphatic heterocycles. The van der Waals surface area contributed by atoms with E-state index in [0.29, 0.717) is 11.4 Å². The molecule has 2 rings (SSSR count). The fourth-order valence-electron chi connectivity index (χ4n) is 1.63. The third-order valence-electron chi connectivity index (χ3n) is 2.65. The second-order valence-corrected chi connectivity index (χ2v) is 6.57. The van der Waals surface area contributed by atoms with Crippen LogP contribution in [0.3, 0.4) is 0 Å². The molecule has 7 heteroatoms. The lowest BCUT2D eigenvalue weighted by atomic mass is 10.3. The zero-order valence-corrected chi connectivity index (χ0v) is 12.5. The van der Waals surface area contributed by atoms with Crippen molar-refractivity contribution in [2.24, 2.45) is 5.84 Å². The number of nitrogens with two attached hydrogens (primary N) is 1. The van der Waals surface area contributed by atoms with Gasteiger partial charge in [-0.05, 0) is 48.7 Å². The summed E-state index contributed by atoms with van der Waals surface area (Å²) in [6.45, 7) is 0. The molecule has 0 aliphatic rings. The van der Waals surface area contributed by atoms with E-state index in [9.17, 15) is 8.42 Å². The van der Waals surface area contributed by atoms with Crippen LogP contribution < -0.4 is 16.0 Å². The number of rotatable bonds is 5. The molecule has 0 saturated carbocycles. The molecule has 0 aliphatic carbocycles. The summed E-state index contributed by atoms with van der Waals surface area (Å²) in [5.41, 5.74) is 3.64. The lowest BCUT2D eigenvalue weighted by Crippen LogP contribution is -2.13. The Balaban J connectivity index is 2.25. The van der Waals surface area contributed by atoms with Crippen molar-refractivity contribution in [2.45, 2.75) is 9.79 Å². The molecule has 0 heterocycles. The fourth-order valence-corrected chi connectivity index (χ4v) is 3.14. The third-order valence-corrected chi connectivity index (χ3v) is 4.78. The molecule has 0 amide bonds. The van der Waals surface area contributed by atoms with Crippen molar-refractivity contribution in [2.75, 3.05) is 16.4 Å². The smallest absolute Gasteiger partial charge is 0.261 e. The normalized spacial score (nSPS) is 11.1. The molecule has 106 valence electrons. The first-order valence-corrected chi connectivity index (χ1v) is 8.49. The molecule has 0 bridgehead atoms. The maximum Gasteiger partial charge on any atom is 0.261 e. The van der Waals surface area contributed by atoms with Gasteiger partial charge in [0.1, 0.15) is 0 Å². The van der Waals surface area contributed by atoms with Gasteiger partial charge in [0.25, 0.3) is 10.0 Å². The molecule has 0 aromatic heterocycles. The summed E-state index contributed by atoms with van der Waals surface area (Å²) in [6, 6.07) is 13.4. The summed E-state index contributed by atoms with van der Waals surface area (Å²) in [6.07, 6.45) is 1.94. The Morgan fingerprint density at radius 1 is 1.05 bits per heavy atom. The van der Waals surface area contributed by atoms with Gasteiger partial charge in [-0.25, -0.2) is 8.42 Å². The number of hydrogen-bond acceptors (Lipinski definition) is 5. The number of hydrogen-bond donors (Lipinski definition) is 3. The minimum atomic E-state index is -3.59. The highest BCUT2D eigenvalue weighted by Gasteiger charge is 2.14. The van der Waals surface area contributed by atoms with E-state index in [2.05, 4.69) is 10.1 Å². The van der Waals surface area contributed by atoms with Gasteiger partial charge in [-0.2, -0.15) is 0 Å². The van der Waals surface area contributed by atoms with Crippen LogP contribution in [0.25, 0.3) is 0 Å². The maximum absolute atomic E-state index is 12.2. The van der Waals surface area contributed by atoms with E-state index in [1.165, 1.54) is 12.1 Å². The van der Waals surface area contributed by atoms with Crippen molar-refractivity contribution in [1.29, 1.82) is 0 Å². The molecule has 0 unspecified atom stereocenters. The average molecular weight is 309 g/mol. The number of nitrogens with one attached hydrogen (secondary N) is 2. The third kappa shape index (κ3) is 3.44. The lowest BCUT2D eigenvalue weighted by molar-refractivity contribution is 0.601. The standard InChI is InChI=1S/C13H15N3O2S2/c1-19-12-4-2-3-11(9-12)16-20(17,18)13-7-5-10(15-14)6-8-13/h2-9,15-16H,14H2,1H3. The summed E-state index contributed by atoms with van der Waals surface area (Å²) < 4.78 is 27.0. The first-order valence-electron chi connectivity index (χ1n) is 5.79. The number of thioether (sulfide) groups is 1. The largest absolute Gasteiger partial charge is 0.324 e. The summed E-state index contributed by atoms with van der Waals surface area (Å²) in [4.78, 5) is 1.18. The molecule has 5 nitrogen and oxygen atoms in total. The van der Waals surface area contributed by atoms with Crippen LogP contribution in [-0.2, 0) is 10.0 Å². The van der Waals surface area contributed by atoms with Crippen LogP contribution in [0, 0.1) is 0 Å². The van der Waals surface area contributed by atoms with Gasteiger partial charge in [0, 0.05) is 16.3 Å². The second-order valence-electron chi connectivity index (χ2n) is 4.01. The maximum atomic E-state index is 12.2. The Hall–Kier alpha value is -1.70. The van der Waals surface area contributed by atoms with E-state index in [1.807, 2.05) is 18.4 Å². The highest BCUT2D eigenvalue weighted by Crippen LogP contribution is 2.22. The molecule has 2 aromatic carbocycles. The van der Waals surface area contributed by atoms with E-state index in [4.69, 9.17) is 5.84 Å². The van der Waals surface area contributed by atoms with Crippen LogP contribution >= 0.6 is 11.8 Å². The van der Waals surface area contributed by atoms with Crippen molar-refractivity contribution < 1.29 is 8.42 Å². The quantitative estimate of drug-likeness (QED) is 0.449. The first kappa shape index (κ1) is 14.7. The fraction of sp³-hybridized carbons (Fsp3) is 0.0769. The number of nitrogen functional groups attached to an aromatic ring is 1. The molecule has 4 N–H and O–H groups in total. The molecule has 0 spiro atoms. The number of benzene rings is 2. The molecular weight excluding hydrogens is 294 g/mol. The summed E-state index contributed by atoms with van der Waals surface area (Å²) in [5.74, 6) is 5.25. The highest BCUT2D eigenvalue weighted by atomic mass is 32.2. The zero-order valence-electron chi connectivity index (χ0n) is 10.8. The first-order chi connectivity index (χ1) is 9.55. The van der Waals surface area contributed by atoms with E-state index in [1.54, 1.807) is 36.0 Å². The number of hydrazine groups is 1. The van der Waals surface area contributed by atoms with Crippen LogP contribution in [0.4, 0.5) is 11.4 Å². The van der Waals surface area contributed by atoms with Gasteiger partial charge in [0.2, 0.25) is 0 Å². The topological polar surface area (TPSA) is 84.2 Å². The summed E-state index contributed by atoms with van der Waals surface area (Å²) >= 11 is 1.55. The van der Waals surface area contributed by atoms with E-state index < -0.39 is 10.0 Å². The van der Waals surface area contributed by atoms with Crippen LogP contribution in [0.1, 0.15) is 0 Å². The minimum absolute atomic E-state index is 0.186. The molecule has 20 heavy (non-hydrogen) atoms. The number of sulfonamides is 1. The summed E-state index contributed by atoms with van der Waals surface area (Å²) in [7, 11) is -3.59. The van der Waals surface area contributed by atoms with Crippen molar-refractivity contribution in [1.82, 2.24) is 0 Å². The van der Waals surface area contributed by atoms with Gasteiger partial charge in [0.15, 0.2) is 0 Å². The van der Waals surface area contributed by atoms with Crippen LogP contribution in [0.2, 0.25) is 0 Å². The van der Waals surface area contributed by atoms with Crippen molar-refractivity contribution in [3.63, 3.8) is 0 Å². The summed E-state index contributed by atoms with van der Waals surface area (Å²) in [5, 5.41) is 0. The van der Waals surface area contributed by atoms with Crippen LogP contribution in [0.15, 0.2) is 58.3 Å². The Labute approximate surface area is 122 Å². The minimum Gasteiger partial charge on any atom is -0.324 e. The van der Waals surface area contributed by atoms with Gasteiger partial charge in [0.05, 0.1) is 4.90 Å². The van der Waals surface area contributed by atoms with Gasteiger partial charge in [-0.3, -0.25) is 10.6 Å². The Kier molecular flexibility index (Phi) is 4.53. The molecule has 2 aromatic rings. The molecule has 0 saturated heterocycles. The predicted molar refractivity (Wildman–Crippen MR) is 83.3 cm³/mol. The van der Waals surface area contributed by atoms with Gasteiger partial charge >= 0.3 is 0 Å². The Bertz CT molecular complexity index is 685. The van der Waals surface area contributed by atoms with E-state index in [0.717, 1.165) is 4.90 Å². The van der Waals surface area contributed by atoms with Crippen molar-refractivity contribution in [3.05, 3.63) is 48.5 Å². The Morgan fingerprint density at radius 2 is 1.75 bits per heavy atom. The van der Waals surface area contributed by atoms with Crippen molar-refractivity contribution in [3.8, 4) is 0 Å². The average Bonchev–Trinajstić information content (AvgIpc) is 2.47. The highest BCUT2D eigenvalue weighted by molar-refractivity contribution is 7.98. The van der Waals surface area contributed by atoms with Crippen LogP contribution in [-0.4, -0.2) is 14.7 Å². The van der Waals surface area contributed by atoms with Gasteiger partial charge < -0.3 is 5.43 Å².